The number of hydrogen-bond donors (Lipinski definition) is 3. The number of anilines is 2. The summed E-state index contributed by atoms with van der Waals surface area (Å²) in [5, 5.41) is 12.3. The quantitative estimate of drug-likeness (QED) is 0.688. The maximum Gasteiger partial charge on any atom is 0.151 e. The molecule has 0 aromatic heterocycles. The SMILES string of the molecule is CCC(CC)(CO)CNc1cc(F)cc(F)c1N. The smallest absolute Gasteiger partial charge is 0.151 e. The molecule has 0 amide bonds. The zero-order valence-electron chi connectivity index (χ0n) is 10.8. The van der Waals surface area contributed by atoms with E-state index in [1.54, 1.807) is 0 Å². The summed E-state index contributed by atoms with van der Waals surface area (Å²) in [4.78, 5) is 0. The monoisotopic (exact) mass is 258 g/mol. The van der Waals surface area contributed by atoms with Gasteiger partial charge < -0.3 is 16.2 Å². The van der Waals surface area contributed by atoms with E-state index in [4.69, 9.17) is 5.73 Å². The number of halogens is 2. The fourth-order valence-corrected chi connectivity index (χ4v) is 1.79. The maximum absolute atomic E-state index is 13.3. The number of benzene rings is 1. The van der Waals surface area contributed by atoms with Crippen molar-refractivity contribution in [2.75, 3.05) is 24.2 Å². The summed E-state index contributed by atoms with van der Waals surface area (Å²) in [6.07, 6.45) is 1.54. The summed E-state index contributed by atoms with van der Waals surface area (Å²) >= 11 is 0. The van der Waals surface area contributed by atoms with Crippen molar-refractivity contribution < 1.29 is 13.9 Å². The van der Waals surface area contributed by atoms with Gasteiger partial charge in [-0.2, -0.15) is 0 Å². The van der Waals surface area contributed by atoms with Crippen LogP contribution in [0.3, 0.4) is 0 Å². The summed E-state index contributed by atoms with van der Waals surface area (Å²) < 4.78 is 26.3. The molecule has 0 heterocycles. The summed E-state index contributed by atoms with van der Waals surface area (Å²) in [7, 11) is 0. The average molecular weight is 258 g/mol. The highest BCUT2D eigenvalue weighted by Gasteiger charge is 2.25. The normalized spacial score (nSPS) is 11.6. The number of nitrogens with one attached hydrogen (secondary N) is 1. The Morgan fingerprint density at radius 2 is 1.89 bits per heavy atom. The largest absolute Gasteiger partial charge is 0.396 e. The Labute approximate surface area is 106 Å². The third kappa shape index (κ3) is 3.10. The number of nitrogens with two attached hydrogens (primary N) is 1. The van der Waals surface area contributed by atoms with Crippen molar-refractivity contribution in [3.63, 3.8) is 0 Å². The number of nitrogen functional groups attached to an aromatic ring is 1. The van der Waals surface area contributed by atoms with Gasteiger partial charge in [0.05, 0.1) is 18.0 Å². The Kier molecular flexibility index (Phi) is 4.90. The van der Waals surface area contributed by atoms with Crippen LogP contribution in [0.5, 0.6) is 0 Å². The van der Waals surface area contributed by atoms with Gasteiger partial charge in [-0.1, -0.05) is 13.8 Å². The highest BCUT2D eigenvalue weighted by atomic mass is 19.1. The van der Waals surface area contributed by atoms with Gasteiger partial charge >= 0.3 is 0 Å². The van der Waals surface area contributed by atoms with Crippen molar-refractivity contribution in [2.24, 2.45) is 5.41 Å². The predicted molar refractivity (Wildman–Crippen MR) is 69.4 cm³/mol. The van der Waals surface area contributed by atoms with E-state index in [0.717, 1.165) is 25.0 Å². The Balaban J connectivity index is 2.86. The number of hydrogen-bond acceptors (Lipinski definition) is 3. The molecule has 1 aromatic carbocycles. The molecule has 4 N–H and O–H groups in total. The lowest BCUT2D eigenvalue weighted by atomic mass is 9.83. The molecule has 0 fully saturated rings. The van der Waals surface area contributed by atoms with Gasteiger partial charge in [0.2, 0.25) is 0 Å². The minimum Gasteiger partial charge on any atom is -0.396 e. The molecule has 0 spiro atoms. The molecule has 3 nitrogen and oxygen atoms in total. The van der Waals surface area contributed by atoms with Crippen molar-refractivity contribution in [3.05, 3.63) is 23.8 Å². The van der Waals surface area contributed by atoms with Gasteiger partial charge in [-0.3, -0.25) is 0 Å². The fourth-order valence-electron chi connectivity index (χ4n) is 1.79. The van der Waals surface area contributed by atoms with E-state index in [-0.39, 0.29) is 23.4 Å². The molecule has 0 aliphatic rings. The Morgan fingerprint density at radius 1 is 1.28 bits per heavy atom. The second kappa shape index (κ2) is 6.00. The molecule has 0 unspecified atom stereocenters. The molecule has 0 aliphatic heterocycles. The zero-order chi connectivity index (χ0) is 13.8. The van der Waals surface area contributed by atoms with Crippen LogP contribution in [0.4, 0.5) is 20.2 Å². The van der Waals surface area contributed by atoms with E-state index in [1.165, 1.54) is 0 Å². The average Bonchev–Trinajstić information content (AvgIpc) is 2.37. The van der Waals surface area contributed by atoms with Gasteiger partial charge in [0.25, 0.3) is 0 Å². The Hall–Kier alpha value is -1.36. The minimum atomic E-state index is -0.778. The third-order valence-corrected chi connectivity index (χ3v) is 3.58. The molecule has 0 saturated carbocycles. The van der Waals surface area contributed by atoms with E-state index >= 15 is 0 Å². The highest BCUT2D eigenvalue weighted by Crippen LogP contribution is 2.29. The molecular weight excluding hydrogens is 238 g/mol. The highest BCUT2D eigenvalue weighted by molar-refractivity contribution is 5.66. The van der Waals surface area contributed by atoms with E-state index < -0.39 is 11.6 Å². The lowest BCUT2D eigenvalue weighted by Gasteiger charge is -2.30. The van der Waals surface area contributed by atoms with Crippen LogP contribution in [-0.4, -0.2) is 18.3 Å². The van der Waals surface area contributed by atoms with Crippen LogP contribution >= 0.6 is 0 Å². The van der Waals surface area contributed by atoms with Gasteiger partial charge in [-0.05, 0) is 18.9 Å². The van der Waals surface area contributed by atoms with E-state index in [9.17, 15) is 13.9 Å². The summed E-state index contributed by atoms with van der Waals surface area (Å²) in [5.41, 5.74) is 5.37. The second-order valence-corrected chi connectivity index (χ2v) is 4.57. The van der Waals surface area contributed by atoms with Crippen molar-refractivity contribution in [2.45, 2.75) is 26.7 Å². The molecule has 18 heavy (non-hydrogen) atoms. The second-order valence-electron chi connectivity index (χ2n) is 4.57. The minimum absolute atomic E-state index is 0.0186. The van der Waals surface area contributed by atoms with Crippen molar-refractivity contribution in [1.29, 1.82) is 0 Å². The zero-order valence-corrected chi connectivity index (χ0v) is 10.8. The topological polar surface area (TPSA) is 58.3 Å². The molecule has 0 atom stereocenters. The van der Waals surface area contributed by atoms with Gasteiger partial charge in [0.1, 0.15) is 5.82 Å². The molecule has 0 radical (unpaired) electrons. The van der Waals surface area contributed by atoms with Gasteiger partial charge in [-0.15, -0.1) is 0 Å². The number of aliphatic hydroxyl groups excluding tert-OH is 1. The van der Waals surface area contributed by atoms with Crippen molar-refractivity contribution >= 4 is 11.4 Å². The van der Waals surface area contributed by atoms with Gasteiger partial charge in [-0.25, -0.2) is 8.78 Å². The standard InChI is InChI=1S/C13H20F2N2O/c1-3-13(4-2,8-18)7-17-11-6-9(14)5-10(15)12(11)16/h5-6,17-18H,3-4,7-8,16H2,1-2H3. The van der Waals surface area contributed by atoms with Crippen LogP contribution < -0.4 is 11.1 Å². The Bertz CT molecular complexity index is 398. The van der Waals surface area contributed by atoms with Gasteiger partial charge in [0, 0.05) is 18.0 Å². The molecule has 0 aliphatic carbocycles. The van der Waals surface area contributed by atoms with Crippen LogP contribution in [0.1, 0.15) is 26.7 Å². The predicted octanol–water partition coefficient (Wildman–Crippen LogP) is 2.76. The molecule has 0 saturated heterocycles. The third-order valence-electron chi connectivity index (χ3n) is 3.58. The summed E-state index contributed by atoms with van der Waals surface area (Å²) in [6, 6.07) is 1.91. The molecule has 1 rings (SSSR count). The molecule has 5 heteroatoms. The lowest BCUT2D eigenvalue weighted by molar-refractivity contribution is 0.127. The first-order valence-electron chi connectivity index (χ1n) is 6.07. The summed E-state index contributed by atoms with van der Waals surface area (Å²) in [6.45, 7) is 4.38. The molecule has 1 aromatic rings. The van der Waals surface area contributed by atoms with Crippen LogP contribution in [0, 0.1) is 17.0 Å². The first kappa shape index (κ1) is 14.7. The number of aliphatic hydroxyl groups is 1. The maximum atomic E-state index is 13.3. The van der Waals surface area contributed by atoms with Crippen LogP contribution in [0.25, 0.3) is 0 Å². The number of rotatable bonds is 6. The first-order valence-corrected chi connectivity index (χ1v) is 6.07. The lowest BCUT2D eigenvalue weighted by Crippen LogP contribution is -2.32. The van der Waals surface area contributed by atoms with Crippen LogP contribution in [-0.2, 0) is 0 Å². The van der Waals surface area contributed by atoms with Crippen molar-refractivity contribution in [3.8, 4) is 0 Å². The molecular formula is C13H20F2N2O. The first-order chi connectivity index (χ1) is 8.48. The van der Waals surface area contributed by atoms with E-state index in [2.05, 4.69) is 5.32 Å². The van der Waals surface area contributed by atoms with Gasteiger partial charge in [0.15, 0.2) is 5.82 Å². The van der Waals surface area contributed by atoms with E-state index in [0.29, 0.717) is 6.54 Å². The van der Waals surface area contributed by atoms with Crippen LogP contribution in [0.2, 0.25) is 0 Å². The fraction of sp³-hybridized carbons (Fsp3) is 0.538. The summed E-state index contributed by atoms with van der Waals surface area (Å²) in [5.74, 6) is -1.45. The van der Waals surface area contributed by atoms with E-state index in [1.807, 2.05) is 13.8 Å². The molecule has 102 valence electrons. The molecule has 0 bridgehead atoms. The Morgan fingerprint density at radius 3 is 2.39 bits per heavy atom. The van der Waals surface area contributed by atoms with Crippen LogP contribution in [0.15, 0.2) is 12.1 Å². The van der Waals surface area contributed by atoms with Crippen molar-refractivity contribution in [1.82, 2.24) is 0 Å².